The topological polar surface area (TPSA) is 74.3 Å². The standard InChI is InChI=1S/C29H29N4O2/c1-2-19-17-33-14-12-20(19)15-24(33)25(22-11-13-30-23-10-6-5-9-21(22)23)32-27-26(28(34)29(27)35)31-16-18-7-3-4-8-18/h2-11,13,19-20,24-25,31-32H,1,12,14-17H2/q-1/t19?,20?,24?,25-/m1/s1. The summed E-state index contributed by atoms with van der Waals surface area (Å²) in [5.41, 5.74) is 3.00. The van der Waals surface area contributed by atoms with Crippen LogP contribution in [0, 0.1) is 11.8 Å². The summed E-state index contributed by atoms with van der Waals surface area (Å²) >= 11 is 0. The Morgan fingerprint density at radius 1 is 1.17 bits per heavy atom. The van der Waals surface area contributed by atoms with E-state index in [2.05, 4.69) is 45.3 Å². The van der Waals surface area contributed by atoms with Crippen LogP contribution < -0.4 is 21.5 Å². The highest BCUT2D eigenvalue weighted by Gasteiger charge is 2.43. The molecule has 3 aliphatic rings. The zero-order chi connectivity index (χ0) is 23.9. The van der Waals surface area contributed by atoms with Gasteiger partial charge in [-0.3, -0.25) is 19.5 Å². The molecule has 5 atom stereocenters. The van der Waals surface area contributed by atoms with Crippen LogP contribution >= 0.6 is 0 Å². The summed E-state index contributed by atoms with van der Waals surface area (Å²) in [7, 11) is 0. The smallest absolute Gasteiger partial charge is 0.253 e. The molecule has 0 radical (unpaired) electrons. The average Bonchev–Trinajstić information content (AvgIpc) is 3.43. The number of benzene rings is 1. The van der Waals surface area contributed by atoms with Crippen LogP contribution in [0.2, 0.25) is 0 Å². The van der Waals surface area contributed by atoms with Gasteiger partial charge in [-0.15, -0.1) is 6.58 Å². The number of para-hydroxylation sites is 1. The normalized spacial score (nSPS) is 24.5. The van der Waals surface area contributed by atoms with E-state index in [1.807, 2.05) is 48.7 Å². The third-order valence-corrected chi connectivity index (χ3v) is 7.97. The first-order valence-electron chi connectivity index (χ1n) is 12.4. The van der Waals surface area contributed by atoms with Gasteiger partial charge in [0.25, 0.3) is 10.9 Å². The molecule has 2 bridgehead atoms. The van der Waals surface area contributed by atoms with Crippen LogP contribution in [0.15, 0.2) is 83.0 Å². The predicted octanol–water partition coefficient (Wildman–Crippen LogP) is 4.21. The zero-order valence-corrected chi connectivity index (χ0v) is 19.6. The second kappa shape index (κ2) is 8.86. The molecule has 3 saturated heterocycles. The Kier molecular flexibility index (Phi) is 5.53. The minimum atomic E-state index is -0.449. The average molecular weight is 466 g/mol. The molecule has 4 heterocycles. The van der Waals surface area contributed by atoms with E-state index in [0.717, 1.165) is 41.5 Å². The van der Waals surface area contributed by atoms with Crippen LogP contribution in [-0.4, -0.2) is 29.0 Å². The Labute approximate surface area is 204 Å². The van der Waals surface area contributed by atoms with Gasteiger partial charge in [0.2, 0.25) is 0 Å². The number of piperidine rings is 3. The zero-order valence-electron chi connectivity index (χ0n) is 19.6. The van der Waals surface area contributed by atoms with Gasteiger partial charge in [-0.1, -0.05) is 24.3 Å². The minimum absolute atomic E-state index is 0.140. The molecule has 35 heavy (non-hydrogen) atoms. The Bertz CT molecular complexity index is 1430. The van der Waals surface area contributed by atoms with E-state index in [9.17, 15) is 9.59 Å². The molecule has 4 unspecified atom stereocenters. The summed E-state index contributed by atoms with van der Waals surface area (Å²) in [6, 6.07) is 18.2. The molecule has 0 aliphatic carbocycles. The highest BCUT2D eigenvalue weighted by atomic mass is 16.2. The number of hydrogen-bond donors (Lipinski definition) is 2. The molecule has 3 aromatic carbocycles. The van der Waals surface area contributed by atoms with Crippen molar-refractivity contribution in [2.75, 3.05) is 23.7 Å². The van der Waals surface area contributed by atoms with Gasteiger partial charge in [0, 0.05) is 24.2 Å². The molecule has 0 spiro atoms. The van der Waals surface area contributed by atoms with Crippen molar-refractivity contribution in [3.63, 3.8) is 0 Å². The third-order valence-electron chi connectivity index (χ3n) is 7.97. The lowest BCUT2D eigenvalue weighted by Gasteiger charge is -2.52. The second-order valence-corrected chi connectivity index (χ2v) is 9.84. The van der Waals surface area contributed by atoms with Gasteiger partial charge in [-0.25, -0.2) is 6.07 Å². The molecule has 0 amide bonds. The van der Waals surface area contributed by atoms with Crippen molar-refractivity contribution in [2.45, 2.75) is 31.5 Å². The van der Waals surface area contributed by atoms with Crippen LogP contribution in [0.4, 0.5) is 11.4 Å². The lowest BCUT2D eigenvalue weighted by Crippen LogP contribution is -2.56. The third kappa shape index (κ3) is 3.78. The summed E-state index contributed by atoms with van der Waals surface area (Å²) in [5.74, 6) is 1.09. The van der Waals surface area contributed by atoms with E-state index < -0.39 is 10.9 Å². The number of nitrogens with one attached hydrogen (secondary N) is 2. The highest BCUT2D eigenvalue weighted by Crippen LogP contribution is 2.43. The number of rotatable bonds is 8. The van der Waals surface area contributed by atoms with Crippen LogP contribution in [0.1, 0.15) is 30.0 Å². The Morgan fingerprint density at radius 2 is 2.03 bits per heavy atom. The quantitative estimate of drug-likeness (QED) is 0.231. The van der Waals surface area contributed by atoms with E-state index in [4.69, 9.17) is 0 Å². The molecule has 6 heteroatoms. The van der Waals surface area contributed by atoms with Gasteiger partial charge in [0.15, 0.2) is 0 Å². The summed E-state index contributed by atoms with van der Waals surface area (Å²) < 4.78 is 0. The minimum Gasteiger partial charge on any atom is -0.388 e. The molecule has 1 aromatic heterocycles. The molecule has 3 fully saturated rings. The van der Waals surface area contributed by atoms with Crippen LogP contribution in [-0.2, 0) is 6.54 Å². The van der Waals surface area contributed by atoms with E-state index in [0.29, 0.717) is 29.8 Å². The molecule has 4 aromatic rings. The van der Waals surface area contributed by atoms with Crippen molar-refractivity contribution >= 4 is 22.3 Å². The second-order valence-electron chi connectivity index (χ2n) is 9.84. The highest BCUT2D eigenvalue weighted by molar-refractivity contribution is 5.83. The Morgan fingerprint density at radius 3 is 2.80 bits per heavy atom. The van der Waals surface area contributed by atoms with Crippen LogP contribution in [0.5, 0.6) is 0 Å². The number of pyridine rings is 1. The number of fused-ring (bicyclic) bond motifs is 4. The fourth-order valence-electron chi connectivity index (χ4n) is 6.07. The molecular formula is C29H29N4O2-. The van der Waals surface area contributed by atoms with E-state index in [1.165, 1.54) is 6.42 Å². The molecular weight excluding hydrogens is 436 g/mol. The van der Waals surface area contributed by atoms with Crippen LogP contribution in [0.3, 0.4) is 0 Å². The summed E-state index contributed by atoms with van der Waals surface area (Å²) in [6.07, 6.45) is 6.13. The number of hydrogen-bond acceptors (Lipinski definition) is 6. The van der Waals surface area contributed by atoms with Gasteiger partial charge < -0.3 is 10.6 Å². The van der Waals surface area contributed by atoms with E-state index >= 15 is 0 Å². The lowest BCUT2D eigenvalue weighted by atomic mass is 9.73. The van der Waals surface area contributed by atoms with Gasteiger partial charge in [0.1, 0.15) is 11.4 Å². The fourth-order valence-corrected chi connectivity index (χ4v) is 6.07. The summed E-state index contributed by atoms with van der Waals surface area (Å²) in [6.45, 7) is 6.59. The van der Waals surface area contributed by atoms with Gasteiger partial charge in [0.05, 0.1) is 11.6 Å². The lowest BCUT2D eigenvalue weighted by molar-refractivity contribution is 0.0105. The van der Waals surface area contributed by atoms with Gasteiger partial charge >= 0.3 is 0 Å². The largest absolute Gasteiger partial charge is 0.388 e. The van der Waals surface area contributed by atoms with Crippen molar-refractivity contribution in [3.8, 4) is 0 Å². The van der Waals surface area contributed by atoms with Crippen molar-refractivity contribution in [1.29, 1.82) is 0 Å². The first-order valence-corrected chi connectivity index (χ1v) is 12.4. The van der Waals surface area contributed by atoms with E-state index in [1.54, 1.807) is 0 Å². The summed E-state index contributed by atoms with van der Waals surface area (Å²) in [5, 5.41) is 7.84. The molecule has 6 nitrogen and oxygen atoms in total. The maximum Gasteiger partial charge on any atom is 0.253 e. The van der Waals surface area contributed by atoms with Gasteiger partial charge in [-0.2, -0.15) is 23.8 Å². The van der Waals surface area contributed by atoms with Crippen molar-refractivity contribution < 1.29 is 0 Å². The molecule has 7 rings (SSSR count). The first kappa shape index (κ1) is 21.9. The van der Waals surface area contributed by atoms with Gasteiger partial charge in [-0.05, 0) is 55.5 Å². The first-order chi connectivity index (χ1) is 17.1. The number of aromatic nitrogens is 1. The fraction of sp³-hybridized carbons (Fsp3) is 0.310. The number of anilines is 2. The monoisotopic (exact) mass is 465 g/mol. The van der Waals surface area contributed by atoms with Crippen molar-refractivity contribution in [3.05, 3.63) is 105 Å². The van der Waals surface area contributed by atoms with E-state index in [-0.39, 0.29) is 12.1 Å². The molecule has 2 N–H and O–H groups in total. The summed E-state index contributed by atoms with van der Waals surface area (Å²) in [4.78, 5) is 32.3. The maximum absolute atomic E-state index is 12.8. The SMILES string of the molecule is C=CC1CN2CCC1CC2[C@H](Nc1c(NCc2cc[cH-]c2)c(=O)c1=O)c1ccnc2ccccc12. The molecule has 3 aliphatic heterocycles. The predicted molar refractivity (Wildman–Crippen MR) is 141 cm³/mol. The maximum atomic E-state index is 12.8. The van der Waals surface area contributed by atoms with Crippen LogP contribution in [0.25, 0.3) is 10.9 Å². The number of nitrogens with zero attached hydrogens (tertiary/aromatic N) is 2. The van der Waals surface area contributed by atoms with Crippen molar-refractivity contribution in [2.24, 2.45) is 11.8 Å². The Balaban J connectivity index is 1.38. The molecule has 178 valence electrons. The van der Waals surface area contributed by atoms with Crippen molar-refractivity contribution in [1.82, 2.24) is 9.88 Å². The Hall–Kier alpha value is -3.64. The molecule has 0 saturated carbocycles.